The predicted molar refractivity (Wildman–Crippen MR) is 61.7 cm³/mol. The smallest absolute Gasteiger partial charge is 0.0107 e. The van der Waals surface area contributed by atoms with Gasteiger partial charge >= 0.3 is 0 Å². The summed E-state index contributed by atoms with van der Waals surface area (Å²) < 4.78 is 0. The van der Waals surface area contributed by atoms with Crippen LogP contribution in [0.5, 0.6) is 0 Å². The van der Waals surface area contributed by atoms with Crippen LogP contribution in [0, 0.1) is 0 Å². The third kappa shape index (κ3) is 4.94. The Morgan fingerprint density at radius 2 is 0.786 bits per heavy atom. The lowest BCUT2D eigenvalue weighted by Gasteiger charge is -2.28. The van der Waals surface area contributed by atoms with Crippen LogP contribution in [-0.4, -0.2) is 75.1 Å². The van der Waals surface area contributed by atoms with E-state index in [0.29, 0.717) is 0 Å². The molecule has 2 heterocycles. The highest BCUT2D eigenvalue weighted by Gasteiger charge is 2.07. The maximum atomic E-state index is 2.36. The molecular formula is C11H25N3. The molecule has 2 aliphatic rings. The lowest BCUT2D eigenvalue weighted by atomic mass is 10.4. The molecule has 0 bridgehead atoms. The van der Waals surface area contributed by atoms with Gasteiger partial charge < -0.3 is 14.7 Å². The van der Waals surface area contributed by atoms with Gasteiger partial charge in [-0.2, -0.15) is 0 Å². The molecule has 2 aliphatic heterocycles. The molecule has 0 radical (unpaired) electrons. The van der Waals surface area contributed by atoms with Crippen LogP contribution in [0.2, 0.25) is 0 Å². The monoisotopic (exact) mass is 199 g/mol. The molecule has 0 unspecified atom stereocenters. The first-order valence-corrected chi connectivity index (χ1v) is 5.74. The third-order valence-electron chi connectivity index (χ3n) is 3.06. The van der Waals surface area contributed by atoms with Crippen LogP contribution in [0.15, 0.2) is 0 Å². The molecule has 0 saturated carbocycles. The number of hydrogen-bond donors (Lipinski definition) is 0. The van der Waals surface area contributed by atoms with Gasteiger partial charge in [0.05, 0.1) is 0 Å². The Hall–Kier alpha value is -0.120. The summed E-state index contributed by atoms with van der Waals surface area (Å²) in [7, 11) is 6.52. The van der Waals surface area contributed by atoms with E-state index in [1.807, 2.05) is 0 Å². The predicted octanol–water partition coefficient (Wildman–Crippen LogP) is 0.576. The summed E-state index contributed by atoms with van der Waals surface area (Å²) in [6.45, 7) is 7.57. The first-order valence-electron chi connectivity index (χ1n) is 5.74. The van der Waals surface area contributed by atoms with Crippen LogP contribution in [0.3, 0.4) is 0 Å². The summed E-state index contributed by atoms with van der Waals surface area (Å²) in [6, 6.07) is 0. The first-order chi connectivity index (χ1) is 6.68. The molecular weight excluding hydrogens is 174 g/mol. The van der Waals surface area contributed by atoms with Gasteiger partial charge in [-0.1, -0.05) is 0 Å². The fraction of sp³-hybridized carbons (Fsp3) is 1.00. The molecule has 0 aromatic heterocycles. The Morgan fingerprint density at radius 3 is 1.00 bits per heavy atom. The molecule has 0 spiro atoms. The van der Waals surface area contributed by atoms with Gasteiger partial charge in [-0.25, -0.2) is 0 Å². The highest BCUT2D eigenvalue weighted by Crippen LogP contribution is 2.02. The summed E-state index contributed by atoms with van der Waals surface area (Å²) >= 11 is 0. The van der Waals surface area contributed by atoms with E-state index in [4.69, 9.17) is 0 Å². The lowest BCUT2D eigenvalue weighted by molar-refractivity contribution is 0.181. The number of likely N-dealkylation sites (N-methyl/N-ethyl adjacent to an activating group) is 2. The van der Waals surface area contributed by atoms with Crippen molar-refractivity contribution in [3.8, 4) is 0 Å². The zero-order valence-electron chi connectivity index (χ0n) is 10.00. The minimum Gasteiger partial charge on any atom is -0.306 e. The van der Waals surface area contributed by atoms with E-state index in [-0.39, 0.29) is 0 Å². The van der Waals surface area contributed by atoms with Crippen LogP contribution < -0.4 is 0 Å². The number of nitrogens with zero attached hydrogens (tertiary/aromatic N) is 3. The van der Waals surface area contributed by atoms with Gasteiger partial charge in [-0.3, -0.25) is 0 Å². The number of likely N-dealkylation sites (tertiary alicyclic amines) is 1. The van der Waals surface area contributed by atoms with E-state index in [1.54, 1.807) is 0 Å². The molecule has 0 aliphatic carbocycles. The summed E-state index contributed by atoms with van der Waals surface area (Å²) in [5.74, 6) is 0. The van der Waals surface area contributed by atoms with Crippen LogP contribution >= 0.6 is 0 Å². The van der Waals surface area contributed by atoms with Gasteiger partial charge in [0.15, 0.2) is 0 Å². The molecule has 3 heteroatoms. The van der Waals surface area contributed by atoms with Gasteiger partial charge in [0.2, 0.25) is 0 Å². The van der Waals surface area contributed by atoms with Crippen LogP contribution in [-0.2, 0) is 0 Å². The van der Waals surface area contributed by atoms with Crippen molar-refractivity contribution in [1.29, 1.82) is 0 Å². The van der Waals surface area contributed by atoms with E-state index < -0.39 is 0 Å². The highest BCUT2D eigenvalue weighted by atomic mass is 15.2. The average molecular weight is 199 g/mol. The van der Waals surface area contributed by atoms with Crippen molar-refractivity contribution in [2.24, 2.45) is 0 Å². The van der Waals surface area contributed by atoms with E-state index in [1.165, 1.54) is 52.1 Å². The fourth-order valence-corrected chi connectivity index (χ4v) is 1.78. The Morgan fingerprint density at radius 1 is 0.500 bits per heavy atom. The molecule has 14 heavy (non-hydrogen) atoms. The van der Waals surface area contributed by atoms with Gasteiger partial charge in [-0.15, -0.1) is 0 Å². The van der Waals surface area contributed by atoms with Crippen molar-refractivity contribution in [3.05, 3.63) is 0 Å². The minimum atomic E-state index is 1.23. The molecule has 3 nitrogen and oxygen atoms in total. The van der Waals surface area contributed by atoms with Crippen molar-refractivity contribution in [2.45, 2.75) is 12.8 Å². The van der Waals surface area contributed by atoms with E-state index in [9.17, 15) is 0 Å². The molecule has 84 valence electrons. The van der Waals surface area contributed by atoms with E-state index in [0.717, 1.165) is 0 Å². The van der Waals surface area contributed by atoms with Crippen LogP contribution in [0.4, 0.5) is 0 Å². The molecule has 0 amide bonds. The fourth-order valence-electron chi connectivity index (χ4n) is 1.78. The number of piperazine rings is 1. The Labute approximate surface area is 88.7 Å². The number of hydrogen-bond acceptors (Lipinski definition) is 3. The third-order valence-corrected chi connectivity index (χ3v) is 3.06. The molecule has 2 fully saturated rings. The van der Waals surface area contributed by atoms with Gasteiger partial charge in [-0.05, 0) is 47.1 Å². The average Bonchev–Trinajstić information content (AvgIpc) is 2.63. The second-order valence-corrected chi connectivity index (χ2v) is 4.62. The highest BCUT2D eigenvalue weighted by molar-refractivity contribution is 4.64. The van der Waals surface area contributed by atoms with E-state index >= 15 is 0 Å². The lowest BCUT2D eigenvalue weighted by Crippen LogP contribution is -2.42. The van der Waals surface area contributed by atoms with Crippen molar-refractivity contribution in [2.75, 3.05) is 60.4 Å². The first kappa shape index (κ1) is 12.0. The largest absolute Gasteiger partial charge is 0.306 e. The standard InChI is InChI=1S/C6H14N2.C5H11N/c1-7-3-5-8(2)6-4-7;1-6-4-2-3-5-6/h3-6H2,1-2H3;2-5H2,1H3. The zero-order chi connectivity index (χ0) is 10.4. The Bertz CT molecular complexity index is 125. The van der Waals surface area contributed by atoms with Crippen molar-refractivity contribution in [1.82, 2.24) is 14.7 Å². The topological polar surface area (TPSA) is 9.72 Å². The van der Waals surface area contributed by atoms with Crippen molar-refractivity contribution in [3.63, 3.8) is 0 Å². The van der Waals surface area contributed by atoms with Gasteiger partial charge in [0, 0.05) is 26.2 Å². The SMILES string of the molecule is CN1CCCC1.CN1CCN(C)CC1. The molecule has 0 aromatic carbocycles. The maximum absolute atomic E-state index is 2.36. The normalized spacial score (nSPS) is 25.9. The van der Waals surface area contributed by atoms with Crippen LogP contribution in [0.25, 0.3) is 0 Å². The maximum Gasteiger partial charge on any atom is 0.0107 e. The number of rotatable bonds is 0. The second kappa shape index (κ2) is 6.38. The Kier molecular flexibility index (Phi) is 5.45. The summed E-state index contributed by atoms with van der Waals surface area (Å²) in [4.78, 5) is 7.08. The second-order valence-electron chi connectivity index (χ2n) is 4.62. The van der Waals surface area contributed by atoms with E-state index in [2.05, 4.69) is 35.8 Å². The summed E-state index contributed by atoms with van der Waals surface area (Å²) in [6.07, 6.45) is 2.83. The van der Waals surface area contributed by atoms with Gasteiger partial charge in [0.25, 0.3) is 0 Å². The van der Waals surface area contributed by atoms with Gasteiger partial charge in [0.1, 0.15) is 0 Å². The molecule has 0 atom stereocenters. The molecule has 0 N–H and O–H groups in total. The molecule has 2 saturated heterocycles. The van der Waals surface area contributed by atoms with Crippen molar-refractivity contribution >= 4 is 0 Å². The minimum absolute atomic E-state index is 1.23. The molecule has 2 rings (SSSR count). The van der Waals surface area contributed by atoms with Crippen LogP contribution in [0.1, 0.15) is 12.8 Å². The summed E-state index contributed by atoms with van der Waals surface area (Å²) in [5.41, 5.74) is 0. The van der Waals surface area contributed by atoms with Crippen molar-refractivity contribution < 1.29 is 0 Å². The summed E-state index contributed by atoms with van der Waals surface area (Å²) in [5, 5.41) is 0. The quantitative estimate of drug-likeness (QED) is 0.565. The molecule has 0 aromatic rings. The zero-order valence-corrected chi connectivity index (χ0v) is 10.00. The Balaban J connectivity index is 0.000000146.